The lowest BCUT2D eigenvalue weighted by Crippen LogP contribution is -2.21. The molecule has 1 atom stereocenters. The third-order valence-electron chi connectivity index (χ3n) is 3.07. The van der Waals surface area contributed by atoms with Gasteiger partial charge < -0.3 is 5.32 Å². The Kier molecular flexibility index (Phi) is 1.21. The molecule has 1 N–H and O–H groups in total. The molecule has 1 aliphatic heterocycles. The Labute approximate surface area is 77.2 Å². The van der Waals surface area contributed by atoms with Gasteiger partial charge in [0.2, 0.25) is 0 Å². The van der Waals surface area contributed by atoms with E-state index in [2.05, 4.69) is 23.5 Å². The van der Waals surface area contributed by atoms with Gasteiger partial charge in [0.15, 0.2) is 0 Å². The monoisotopic (exact) mass is 170 g/mol. The van der Waals surface area contributed by atoms with Crippen LogP contribution >= 0.6 is 0 Å². The van der Waals surface area contributed by atoms with Gasteiger partial charge in [0.25, 0.3) is 0 Å². The summed E-state index contributed by atoms with van der Waals surface area (Å²) >= 11 is 0. The van der Waals surface area contributed by atoms with E-state index in [1.807, 2.05) is 0 Å². The van der Waals surface area contributed by atoms with Crippen LogP contribution in [0.5, 0.6) is 0 Å². The standard InChI is InChI=1S/C11H10N2/c12-6-8-5-7-1-2-9(7)10-3-4-13-11(8)10/h1-2,8,13H,3-5H2. The summed E-state index contributed by atoms with van der Waals surface area (Å²) in [5.74, 6) is 0.0844. The van der Waals surface area contributed by atoms with Gasteiger partial charge in [0, 0.05) is 12.2 Å². The highest BCUT2D eigenvalue weighted by Crippen LogP contribution is 2.43. The molecular formula is C11H10N2. The molecule has 0 aromatic carbocycles. The zero-order valence-corrected chi connectivity index (χ0v) is 7.30. The molecule has 0 bridgehead atoms. The van der Waals surface area contributed by atoms with Crippen molar-refractivity contribution in [3.63, 3.8) is 0 Å². The van der Waals surface area contributed by atoms with E-state index in [1.165, 1.54) is 22.4 Å². The first-order valence-electron chi connectivity index (χ1n) is 4.68. The van der Waals surface area contributed by atoms with E-state index in [4.69, 9.17) is 5.26 Å². The summed E-state index contributed by atoms with van der Waals surface area (Å²) in [5, 5.41) is 12.3. The van der Waals surface area contributed by atoms with E-state index in [1.54, 1.807) is 0 Å². The Bertz CT molecular complexity index is 404. The Morgan fingerprint density at radius 1 is 1.46 bits per heavy atom. The van der Waals surface area contributed by atoms with Crippen molar-refractivity contribution < 1.29 is 0 Å². The van der Waals surface area contributed by atoms with Gasteiger partial charge >= 0.3 is 0 Å². The van der Waals surface area contributed by atoms with Gasteiger partial charge in [-0.3, -0.25) is 0 Å². The maximum Gasteiger partial charge on any atom is 0.0902 e. The van der Waals surface area contributed by atoms with Crippen LogP contribution in [-0.4, -0.2) is 6.54 Å². The Morgan fingerprint density at radius 2 is 2.38 bits per heavy atom. The Hall–Kier alpha value is -1.49. The zero-order valence-electron chi connectivity index (χ0n) is 7.30. The molecule has 2 nitrogen and oxygen atoms in total. The third-order valence-corrected chi connectivity index (χ3v) is 3.07. The molecule has 1 heterocycles. The van der Waals surface area contributed by atoms with Crippen molar-refractivity contribution >= 4 is 0 Å². The molecular weight excluding hydrogens is 160 g/mol. The lowest BCUT2D eigenvalue weighted by Gasteiger charge is -2.28. The Balaban J connectivity index is 2.10. The largest absolute Gasteiger partial charge is 0.387 e. The van der Waals surface area contributed by atoms with E-state index in [9.17, 15) is 0 Å². The van der Waals surface area contributed by atoms with Crippen LogP contribution in [0.4, 0.5) is 0 Å². The lowest BCUT2D eigenvalue weighted by atomic mass is 9.76. The number of nitrogens with zero attached hydrogens (tertiary/aromatic N) is 1. The molecule has 0 fully saturated rings. The number of nitrogens with one attached hydrogen (secondary N) is 1. The predicted octanol–water partition coefficient (Wildman–Crippen LogP) is 1.64. The van der Waals surface area contributed by atoms with Crippen LogP contribution < -0.4 is 5.32 Å². The van der Waals surface area contributed by atoms with Crippen LogP contribution in [0.1, 0.15) is 12.8 Å². The lowest BCUT2D eigenvalue weighted by molar-refractivity contribution is 0.681. The highest BCUT2D eigenvalue weighted by Gasteiger charge is 2.33. The van der Waals surface area contributed by atoms with Crippen molar-refractivity contribution in [3.05, 3.63) is 34.6 Å². The first kappa shape index (κ1) is 6.97. The molecule has 0 amide bonds. The van der Waals surface area contributed by atoms with Gasteiger partial charge in [-0.2, -0.15) is 5.26 Å². The van der Waals surface area contributed by atoms with Gasteiger partial charge in [-0.15, -0.1) is 0 Å². The van der Waals surface area contributed by atoms with E-state index in [0.717, 1.165) is 19.4 Å². The topological polar surface area (TPSA) is 35.8 Å². The molecule has 0 saturated carbocycles. The molecule has 0 saturated heterocycles. The van der Waals surface area contributed by atoms with Crippen molar-refractivity contribution in [2.45, 2.75) is 12.8 Å². The van der Waals surface area contributed by atoms with E-state index >= 15 is 0 Å². The fraction of sp³-hybridized carbons (Fsp3) is 0.364. The summed E-state index contributed by atoms with van der Waals surface area (Å²) in [6.45, 7) is 1.01. The third kappa shape index (κ3) is 0.767. The molecule has 3 aliphatic rings. The summed E-state index contributed by atoms with van der Waals surface area (Å²) < 4.78 is 0. The normalized spacial score (nSPS) is 29.0. The molecule has 0 radical (unpaired) electrons. The fourth-order valence-electron chi connectivity index (χ4n) is 2.37. The summed E-state index contributed by atoms with van der Waals surface area (Å²) in [4.78, 5) is 0. The molecule has 64 valence electrons. The SMILES string of the molecule is N#CC1CC2=CC=C2C2=C1NCC2. The molecule has 2 heteroatoms. The van der Waals surface area contributed by atoms with Crippen molar-refractivity contribution in [3.8, 4) is 6.07 Å². The summed E-state index contributed by atoms with van der Waals surface area (Å²) in [6, 6.07) is 2.37. The maximum atomic E-state index is 9.00. The smallest absolute Gasteiger partial charge is 0.0902 e. The number of hydrogen-bond acceptors (Lipinski definition) is 2. The molecule has 3 rings (SSSR count). The van der Waals surface area contributed by atoms with Crippen LogP contribution in [0.15, 0.2) is 34.6 Å². The molecule has 2 aliphatic carbocycles. The highest BCUT2D eigenvalue weighted by atomic mass is 14.9. The van der Waals surface area contributed by atoms with Crippen molar-refractivity contribution in [1.29, 1.82) is 5.26 Å². The highest BCUT2D eigenvalue weighted by molar-refractivity contribution is 5.62. The van der Waals surface area contributed by atoms with E-state index < -0.39 is 0 Å². The first-order valence-corrected chi connectivity index (χ1v) is 4.68. The molecule has 0 aromatic heterocycles. The minimum absolute atomic E-state index is 0.0844. The van der Waals surface area contributed by atoms with Gasteiger partial charge in [0.05, 0.1) is 12.0 Å². The number of hydrogen-bond donors (Lipinski definition) is 1. The number of nitriles is 1. The summed E-state index contributed by atoms with van der Waals surface area (Å²) in [5.41, 5.74) is 5.39. The minimum atomic E-state index is 0.0844. The number of allylic oxidation sites excluding steroid dienone is 5. The van der Waals surface area contributed by atoms with Crippen molar-refractivity contribution in [2.75, 3.05) is 6.54 Å². The van der Waals surface area contributed by atoms with Crippen LogP contribution in [-0.2, 0) is 0 Å². The number of rotatable bonds is 0. The predicted molar refractivity (Wildman–Crippen MR) is 49.5 cm³/mol. The van der Waals surface area contributed by atoms with Gasteiger partial charge in [-0.1, -0.05) is 12.2 Å². The van der Waals surface area contributed by atoms with Gasteiger partial charge in [-0.05, 0) is 29.6 Å². The Morgan fingerprint density at radius 3 is 3.08 bits per heavy atom. The molecule has 0 aromatic rings. The molecule has 0 spiro atoms. The second-order valence-electron chi connectivity index (χ2n) is 3.73. The summed E-state index contributed by atoms with van der Waals surface area (Å²) in [6.07, 6.45) is 6.32. The second kappa shape index (κ2) is 2.26. The van der Waals surface area contributed by atoms with Gasteiger partial charge in [0.1, 0.15) is 0 Å². The second-order valence-corrected chi connectivity index (χ2v) is 3.73. The van der Waals surface area contributed by atoms with Crippen molar-refractivity contribution in [2.24, 2.45) is 5.92 Å². The van der Waals surface area contributed by atoms with Crippen LogP contribution in [0, 0.1) is 17.2 Å². The molecule has 13 heavy (non-hydrogen) atoms. The van der Waals surface area contributed by atoms with Crippen LogP contribution in [0.2, 0.25) is 0 Å². The minimum Gasteiger partial charge on any atom is -0.387 e. The van der Waals surface area contributed by atoms with E-state index in [-0.39, 0.29) is 5.92 Å². The van der Waals surface area contributed by atoms with Crippen LogP contribution in [0.25, 0.3) is 0 Å². The fourth-order valence-corrected chi connectivity index (χ4v) is 2.37. The quantitative estimate of drug-likeness (QED) is 0.600. The van der Waals surface area contributed by atoms with E-state index in [0.29, 0.717) is 0 Å². The van der Waals surface area contributed by atoms with Crippen molar-refractivity contribution in [1.82, 2.24) is 5.32 Å². The average molecular weight is 170 g/mol. The summed E-state index contributed by atoms with van der Waals surface area (Å²) in [7, 11) is 0. The number of fused-ring (bicyclic) bond motifs is 2. The molecule has 1 unspecified atom stereocenters. The van der Waals surface area contributed by atoms with Gasteiger partial charge in [-0.25, -0.2) is 0 Å². The first-order chi connectivity index (χ1) is 6.40. The average Bonchev–Trinajstić information content (AvgIpc) is 2.53. The maximum absolute atomic E-state index is 9.00. The zero-order chi connectivity index (χ0) is 8.84. The van der Waals surface area contributed by atoms with Crippen LogP contribution in [0.3, 0.4) is 0 Å².